The first-order valence-corrected chi connectivity index (χ1v) is 8.09. The van der Waals surface area contributed by atoms with Crippen LogP contribution in [0.25, 0.3) is 0 Å². The minimum atomic E-state index is -4.43. The number of hydrogen-bond donors (Lipinski definition) is 2. The molecule has 0 radical (unpaired) electrons. The minimum Gasteiger partial charge on any atom is -0.357 e. The van der Waals surface area contributed by atoms with E-state index in [2.05, 4.69) is 30.8 Å². The lowest BCUT2D eigenvalue weighted by atomic mass is 10.4. The van der Waals surface area contributed by atoms with Gasteiger partial charge in [0, 0.05) is 24.9 Å². The number of nitrogens with one attached hydrogen (secondary N) is 2. The van der Waals surface area contributed by atoms with Crippen molar-refractivity contribution in [3.8, 4) is 0 Å². The number of guanidine groups is 1. The summed E-state index contributed by atoms with van der Waals surface area (Å²) in [6.07, 6.45) is -3.91. The third-order valence-electron chi connectivity index (χ3n) is 2.76. The molecule has 2 heterocycles. The summed E-state index contributed by atoms with van der Waals surface area (Å²) in [5.74, 6) is 1.55. The standard InChI is InChI=1S/C13H17F3N6OS/c1-3-17-12(18-5-4-10-20-8(2)22-23-10)19-6-11-21-9(7-24-11)13(14,15)16/h7H,3-6H2,1-2H3,(H2,17,18,19). The van der Waals surface area contributed by atoms with E-state index in [-0.39, 0.29) is 6.54 Å². The Labute approximate surface area is 140 Å². The third kappa shape index (κ3) is 5.48. The van der Waals surface area contributed by atoms with Gasteiger partial charge in [0.25, 0.3) is 0 Å². The Hall–Kier alpha value is -2.17. The van der Waals surface area contributed by atoms with Crippen LogP contribution in [0.1, 0.15) is 29.3 Å². The van der Waals surface area contributed by atoms with Gasteiger partial charge in [0.1, 0.15) is 5.01 Å². The summed E-state index contributed by atoms with van der Waals surface area (Å²) in [5.41, 5.74) is -0.887. The molecule has 0 spiro atoms. The first-order chi connectivity index (χ1) is 11.4. The van der Waals surface area contributed by atoms with Crippen molar-refractivity contribution >= 4 is 17.3 Å². The predicted molar refractivity (Wildman–Crippen MR) is 82.7 cm³/mol. The molecule has 0 fully saturated rings. The Bertz CT molecular complexity index is 681. The average molecular weight is 362 g/mol. The van der Waals surface area contributed by atoms with Crippen LogP contribution in [0, 0.1) is 6.92 Å². The molecule has 0 unspecified atom stereocenters. The van der Waals surface area contributed by atoms with E-state index in [4.69, 9.17) is 4.52 Å². The number of rotatable bonds is 6. The molecular formula is C13H17F3N6OS. The van der Waals surface area contributed by atoms with Crippen LogP contribution in [0.2, 0.25) is 0 Å². The fraction of sp³-hybridized carbons (Fsp3) is 0.538. The molecule has 0 aliphatic heterocycles. The van der Waals surface area contributed by atoms with Crippen LogP contribution in [0.3, 0.4) is 0 Å². The zero-order valence-corrected chi connectivity index (χ0v) is 14.0. The van der Waals surface area contributed by atoms with Gasteiger partial charge in [-0.1, -0.05) is 5.16 Å². The van der Waals surface area contributed by atoms with Gasteiger partial charge in [0.05, 0.1) is 6.54 Å². The summed E-state index contributed by atoms with van der Waals surface area (Å²) in [6.45, 7) is 4.81. The molecule has 2 aromatic heterocycles. The Morgan fingerprint density at radius 1 is 1.33 bits per heavy atom. The number of alkyl halides is 3. The molecule has 0 aliphatic carbocycles. The fourth-order valence-electron chi connectivity index (χ4n) is 1.73. The van der Waals surface area contributed by atoms with Crippen LogP contribution in [0.4, 0.5) is 13.2 Å². The zero-order chi connectivity index (χ0) is 17.6. The lowest BCUT2D eigenvalue weighted by molar-refractivity contribution is -0.140. The van der Waals surface area contributed by atoms with Gasteiger partial charge in [-0.3, -0.25) is 0 Å². The second-order valence-corrected chi connectivity index (χ2v) is 5.67. The second kappa shape index (κ2) is 8.08. The lowest BCUT2D eigenvalue weighted by Crippen LogP contribution is -2.38. The zero-order valence-electron chi connectivity index (χ0n) is 13.1. The molecule has 0 atom stereocenters. The van der Waals surface area contributed by atoms with E-state index in [0.717, 1.165) is 16.7 Å². The number of hydrogen-bond acceptors (Lipinski definition) is 6. The molecule has 0 aliphatic rings. The van der Waals surface area contributed by atoms with Crippen molar-refractivity contribution in [1.82, 2.24) is 25.8 Å². The number of aryl methyl sites for hydroxylation is 1. The number of aromatic nitrogens is 3. The van der Waals surface area contributed by atoms with E-state index < -0.39 is 11.9 Å². The Kier molecular flexibility index (Phi) is 6.12. The fourth-order valence-corrected chi connectivity index (χ4v) is 2.46. The highest BCUT2D eigenvalue weighted by Gasteiger charge is 2.33. The van der Waals surface area contributed by atoms with Crippen molar-refractivity contribution in [2.45, 2.75) is 33.0 Å². The smallest absolute Gasteiger partial charge is 0.357 e. The second-order valence-electron chi connectivity index (χ2n) is 4.73. The maximum atomic E-state index is 12.5. The maximum absolute atomic E-state index is 12.5. The molecule has 0 amide bonds. The quantitative estimate of drug-likeness (QED) is 0.605. The van der Waals surface area contributed by atoms with Crippen molar-refractivity contribution in [3.05, 3.63) is 27.8 Å². The third-order valence-corrected chi connectivity index (χ3v) is 3.59. The van der Waals surface area contributed by atoms with Gasteiger partial charge >= 0.3 is 6.18 Å². The molecule has 2 N–H and O–H groups in total. The Morgan fingerprint density at radius 3 is 2.71 bits per heavy atom. The van der Waals surface area contributed by atoms with Crippen LogP contribution >= 0.6 is 11.3 Å². The van der Waals surface area contributed by atoms with Gasteiger partial charge in [0.15, 0.2) is 17.5 Å². The van der Waals surface area contributed by atoms with Crippen molar-refractivity contribution in [1.29, 1.82) is 0 Å². The largest absolute Gasteiger partial charge is 0.434 e. The van der Waals surface area contributed by atoms with Crippen molar-refractivity contribution in [2.75, 3.05) is 13.1 Å². The SMILES string of the molecule is CCNC(=NCc1nc(C(F)(F)F)cs1)NCCc1nc(C)no1. The van der Waals surface area contributed by atoms with Gasteiger partial charge < -0.3 is 15.2 Å². The van der Waals surface area contributed by atoms with Gasteiger partial charge in [-0.2, -0.15) is 18.2 Å². The normalized spacial score (nSPS) is 12.5. The van der Waals surface area contributed by atoms with Crippen LogP contribution < -0.4 is 10.6 Å². The van der Waals surface area contributed by atoms with Gasteiger partial charge in [-0.25, -0.2) is 9.98 Å². The maximum Gasteiger partial charge on any atom is 0.434 e. The van der Waals surface area contributed by atoms with Crippen LogP contribution in [-0.4, -0.2) is 34.2 Å². The molecule has 2 aromatic rings. The molecule has 7 nitrogen and oxygen atoms in total. The van der Waals surface area contributed by atoms with Crippen LogP contribution in [-0.2, 0) is 19.1 Å². The summed E-state index contributed by atoms with van der Waals surface area (Å²) in [6, 6.07) is 0. The molecule has 24 heavy (non-hydrogen) atoms. The number of nitrogens with zero attached hydrogens (tertiary/aromatic N) is 4. The van der Waals surface area contributed by atoms with E-state index in [1.807, 2.05) is 6.92 Å². The Morgan fingerprint density at radius 2 is 2.12 bits per heavy atom. The average Bonchev–Trinajstić information content (AvgIpc) is 3.13. The minimum absolute atomic E-state index is 0.0652. The molecule has 0 saturated carbocycles. The summed E-state index contributed by atoms with van der Waals surface area (Å²) in [7, 11) is 0. The first-order valence-electron chi connectivity index (χ1n) is 7.21. The van der Waals surface area contributed by atoms with Crippen LogP contribution in [0.15, 0.2) is 14.9 Å². The van der Waals surface area contributed by atoms with Gasteiger partial charge in [0.2, 0.25) is 5.89 Å². The van der Waals surface area contributed by atoms with E-state index in [1.54, 1.807) is 6.92 Å². The highest BCUT2D eigenvalue weighted by atomic mass is 32.1. The lowest BCUT2D eigenvalue weighted by Gasteiger charge is -2.09. The van der Waals surface area contributed by atoms with E-state index in [0.29, 0.717) is 42.2 Å². The topological polar surface area (TPSA) is 88.2 Å². The molecule has 0 aromatic carbocycles. The highest BCUT2D eigenvalue weighted by Crippen LogP contribution is 2.30. The van der Waals surface area contributed by atoms with Crippen LogP contribution in [0.5, 0.6) is 0 Å². The molecule has 11 heteroatoms. The summed E-state index contributed by atoms with van der Waals surface area (Å²) >= 11 is 0.933. The molecule has 132 valence electrons. The number of thiazole rings is 1. The molecular weight excluding hydrogens is 345 g/mol. The van der Waals surface area contributed by atoms with Gasteiger partial charge in [-0.15, -0.1) is 11.3 Å². The monoisotopic (exact) mass is 362 g/mol. The molecule has 2 rings (SSSR count). The predicted octanol–water partition coefficient (Wildman–Crippen LogP) is 2.15. The van der Waals surface area contributed by atoms with E-state index in [1.165, 1.54) is 0 Å². The van der Waals surface area contributed by atoms with Crippen molar-refractivity contribution in [2.24, 2.45) is 4.99 Å². The first kappa shape index (κ1) is 18.2. The number of halogens is 3. The number of aliphatic imine (C=N–C) groups is 1. The van der Waals surface area contributed by atoms with E-state index >= 15 is 0 Å². The summed E-state index contributed by atoms with van der Waals surface area (Å²) in [4.78, 5) is 11.8. The van der Waals surface area contributed by atoms with Gasteiger partial charge in [-0.05, 0) is 13.8 Å². The summed E-state index contributed by atoms with van der Waals surface area (Å²) < 4.78 is 42.5. The highest BCUT2D eigenvalue weighted by molar-refractivity contribution is 7.09. The van der Waals surface area contributed by atoms with Crippen molar-refractivity contribution < 1.29 is 17.7 Å². The Balaban J connectivity index is 1.89. The van der Waals surface area contributed by atoms with E-state index in [9.17, 15) is 13.2 Å². The molecule has 0 bridgehead atoms. The summed E-state index contributed by atoms with van der Waals surface area (Å²) in [5, 5.41) is 11.0. The van der Waals surface area contributed by atoms with Crippen molar-refractivity contribution in [3.63, 3.8) is 0 Å². The molecule has 0 saturated heterocycles.